The van der Waals surface area contributed by atoms with Crippen molar-refractivity contribution in [1.29, 1.82) is 0 Å². The highest BCUT2D eigenvalue weighted by Crippen LogP contribution is 2.24. The van der Waals surface area contributed by atoms with Gasteiger partial charge in [0.1, 0.15) is 5.75 Å². The van der Waals surface area contributed by atoms with Gasteiger partial charge in [0.25, 0.3) is 0 Å². The van der Waals surface area contributed by atoms with Crippen molar-refractivity contribution in [2.24, 2.45) is 4.99 Å². The van der Waals surface area contributed by atoms with Crippen molar-refractivity contribution in [2.45, 2.75) is 52.2 Å². The van der Waals surface area contributed by atoms with Crippen LogP contribution in [0.25, 0.3) is 0 Å². The standard InChI is InChI=1S/C23H35N5O2S/c1-4-24-22(25-11-10-19-16-31-23(27-19)28-12-5-6-13-28)26-15-21(29)18-8-7-9-20(14-18)30-17(2)3/h7-9,14,16-17,21,29H,4-6,10-13,15H2,1-3H3,(H2,24,25,26). The number of thiazole rings is 1. The maximum absolute atomic E-state index is 10.6. The normalized spacial score (nSPS) is 15.4. The average molecular weight is 446 g/mol. The molecule has 2 aromatic rings. The lowest BCUT2D eigenvalue weighted by Crippen LogP contribution is -2.38. The molecule has 0 bridgehead atoms. The van der Waals surface area contributed by atoms with Gasteiger partial charge in [-0.05, 0) is 51.3 Å². The molecule has 1 unspecified atom stereocenters. The first-order valence-electron chi connectivity index (χ1n) is 11.2. The third-order valence-electron chi connectivity index (χ3n) is 4.97. The fourth-order valence-corrected chi connectivity index (χ4v) is 4.38. The summed E-state index contributed by atoms with van der Waals surface area (Å²) in [6.07, 6.45) is 2.78. The van der Waals surface area contributed by atoms with Gasteiger partial charge in [0, 0.05) is 38.0 Å². The number of nitrogens with one attached hydrogen (secondary N) is 2. The minimum atomic E-state index is -0.687. The summed E-state index contributed by atoms with van der Waals surface area (Å²) in [6, 6.07) is 7.57. The fourth-order valence-electron chi connectivity index (χ4n) is 3.47. The minimum Gasteiger partial charge on any atom is -0.491 e. The molecule has 0 saturated carbocycles. The van der Waals surface area contributed by atoms with E-state index in [-0.39, 0.29) is 12.6 Å². The summed E-state index contributed by atoms with van der Waals surface area (Å²) in [4.78, 5) is 11.7. The highest BCUT2D eigenvalue weighted by Gasteiger charge is 2.15. The second-order valence-corrected chi connectivity index (χ2v) is 8.80. The molecular formula is C23H35N5O2S. The van der Waals surface area contributed by atoms with E-state index in [2.05, 4.69) is 25.9 Å². The second kappa shape index (κ2) is 11.9. The molecule has 0 spiro atoms. The molecule has 1 atom stereocenters. The molecule has 1 fully saturated rings. The van der Waals surface area contributed by atoms with Crippen molar-refractivity contribution in [2.75, 3.05) is 37.6 Å². The Balaban J connectivity index is 1.50. The highest BCUT2D eigenvalue weighted by atomic mass is 32.1. The number of ether oxygens (including phenoxy) is 1. The zero-order chi connectivity index (χ0) is 22.1. The molecule has 1 aliphatic heterocycles. The van der Waals surface area contributed by atoms with Crippen LogP contribution in [0.2, 0.25) is 0 Å². The Morgan fingerprint density at radius 3 is 2.84 bits per heavy atom. The molecule has 1 aromatic carbocycles. The smallest absolute Gasteiger partial charge is 0.191 e. The molecule has 3 rings (SSSR count). The van der Waals surface area contributed by atoms with Crippen LogP contribution in [-0.2, 0) is 6.42 Å². The number of aliphatic imine (C=N–C) groups is 1. The number of aliphatic hydroxyl groups excluding tert-OH is 1. The van der Waals surface area contributed by atoms with Crippen LogP contribution in [0.4, 0.5) is 5.13 Å². The Morgan fingerprint density at radius 2 is 2.10 bits per heavy atom. The zero-order valence-electron chi connectivity index (χ0n) is 18.8. The van der Waals surface area contributed by atoms with Crippen molar-refractivity contribution in [1.82, 2.24) is 15.6 Å². The number of aliphatic hydroxyl groups is 1. The van der Waals surface area contributed by atoms with Gasteiger partial charge >= 0.3 is 0 Å². The van der Waals surface area contributed by atoms with Crippen molar-refractivity contribution >= 4 is 22.4 Å². The van der Waals surface area contributed by atoms with Gasteiger partial charge < -0.3 is 25.4 Å². The maximum Gasteiger partial charge on any atom is 0.191 e. The van der Waals surface area contributed by atoms with E-state index < -0.39 is 6.10 Å². The molecule has 1 saturated heterocycles. The van der Waals surface area contributed by atoms with E-state index in [0.717, 1.165) is 54.7 Å². The van der Waals surface area contributed by atoms with Crippen LogP contribution in [0, 0.1) is 0 Å². The molecule has 0 radical (unpaired) electrons. The van der Waals surface area contributed by atoms with Crippen LogP contribution in [0.1, 0.15) is 51.0 Å². The molecule has 1 aliphatic rings. The van der Waals surface area contributed by atoms with Crippen LogP contribution in [0.15, 0.2) is 34.6 Å². The Kier molecular flexibility index (Phi) is 8.97. The van der Waals surface area contributed by atoms with Crippen LogP contribution >= 0.6 is 11.3 Å². The molecule has 2 heterocycles. The van der Waals surface area contributed by atoms with E-state index in [9.17, 15) is 5.11 Å². The first-order valence-corrected chi connectivity index (χ1v) is 12.1. The minimum absolute atomic E-state index is 0.0964. The van der Waals surface area contributed by atoms with E-state index >= 15 is 0 Å². The van der Waals surface area contributed by atoms with Crippen LogP contribution in [-0.4, -0.2) is 54.9 Å². The lowest BCUT2D eigenvalue weighted by atomic mass is 10.1. The molecule has 31 heavy (non-hydrogen) atoms. The highest BCUT2D eigenvalue weighted by molar-refractivity contribution is 7.13. The molecule has 3 N–H and O–H groups in total. The van der Waals surface area contributed by atoms with Crippen molar-refractivity contribution in [3.63, 3.8) is 0 Å². The monoisotopic (exact) mass is 445 g/mol. The van der Waals surface area contributed by atoms with Gasteiger partial charge in [0.05, 0.1) is 24.4 Å². The third kappa shape index (κ3) is 7.40. The Bertz CT molecular complexity index is 833. The van der Waals surface area contributed by atoms with Crippen molar-refractivity contribution in [3.05, 3.63) is 40.9 Å². The summed E-state index contributed by atoms with van der Waals surface area (Å²) in [5, 5.41) is 20.4. The number of guanidine groups is 1. The molecule has 8 heteroatoms. The third-order valence-corrected chi connectivity index (χ3v) is 5.92. The SMILES string of the molecule is CCNC(=NCC(O)c1cccc(OC(C)C)c1)NCCc1csc(N2CCCC2)n1. The van der Waals surface area contributed by atoms with E-state index in [1.54, 1.807) is 11.3 Å². The van der Waals surface area contributed by atoms with Gasteiger partial charge in [-0.1, -0.05) is 12.1 Å². The summed E-state index contributed by atoms with van der Waals surface area (Å²) < 4.78 is 5.72. The fraction of sp³-hybridized carbons (Fsp3) is 0.565. The van der Waals surface area contributed by atoms with E-state index in [4.69, 9.17) is 9.72 Å². The van der Waals surface area contributed by atoms with E-state index in [1.807, 2.05) is 45.0 Å². The largest absolute Gasteiger partial charge is 0.491 e. The number of hydrogen-bond acceptors (Lipinski definition) is 6. The number of benzene rings is 1. The number of aromatic nitrogens is 1. The Labute approximate surface area is 189 Å². The van der Waals surface area contributed by atoms with Crippen LogP contribution in [0.5, 0.6) is 5.75 Å². The van der Waals surface area contributed by atoms with Gasteiger partial charge in [0.2, 0.25) is 0 Å². The Hall–Kier alpha value is -2.32. The first-order chi connectivity index (χ1) is 15.0. The summed E-state index contributed by atoms with van der Waals surface area (Å²) in [6.45, 7) is 10.0. The zero-order valence-corrected chi connectivity index (χ0v) is 19.6. The van der Waals surface area contributed by atoms with Crippen LogP contribution < -0.4 is 20.3 Å². The first kappa shape index (κ1) is 23.3. The number of hydrogen-bond donors (Lipinski definition) is 3. The van der Waals surface area contributed by atoms with Gasteiger partial charge in [-0.15, -0.1) is 11.3 Å². The Morgan fingerprint density at radius 1 is 1.29 bits per heavy atom. The van der Waals surface area contributed by atoms with E-state index in [1.165, 1.54) is 12.8 Å². The summed E-state index contributed by atoms with van der Waals surface area (Å²) in [5.74, 6) is 1.46. The van der Waals surface area contributed by atoms with Gasteiger partial charge in [-0.3, -0.25) is 4.99 Å². The number of nitrogens with zero attached hydrogens (tertiary/aromatic N) is 3. The predicted molar refractivity (Wildman–Crippen MR) is 128 cm³/mol. The molecule has 0 amide bonds. The maximum atomic E-state index is 10.6. The van der Waals surface area contributed by atoms with Gasteiger partial charge in [-0.25, -0.2) is 4.98 Å². The lowest BCUT2D eigenvalue weighted by Gasteiger charge is -2.15. The van der Waals surface area contributed by atoms with Gasteiger partial charge in [0.15, 0.2) is 11.1 Å². The molecular weight excluding hydrogens is 410 g/mol. The predicted octanol–water partition coefficient (Wildman–Crippen LogP) is 3.36. The lowest BCUT2D eigenvalue weighted by molar-refractivity contribution is 0.185. The van der Waals surface area contributed by atoms with Crippen molar-refractivity contribution in [3.8, 4) is 5.75 Å². The van der Waals surface area contributed by atoms with E-state index in [0.29, 0.717) is 5.96 Å². The average Bonchev–Trinajstić information content (AvgIpc) is 3.43. The topological polar surface area (TPSA) is 82.0 Å². The molecule has 1 aromatic heterocycles. The number of rotatable bonds is 10. The van der Waals surface area contributed by atoms with Gasteiger partial charge in [-0.2, -0.15) is 0 Å². The second-order valence-electron chi connectivity index (χ2n) is 7.97. The molecule has 0 aliphatic carbocycles. The molecule has 170 valence electrons. The molecule has 7 nitrogen and oxygen atoms in total. The quantitative estimate of drug-likeness (QED) is 0.384. The summed E-state index contributed by atoms with van der Waals surface area (Å²) in [7, 11) is 0. The van der Waals surface area contributed by atoms with Crippen molar-refractivity contribution < 1.29 is 9.84 Å². The van der Waals surface area contributed by atoms with Crippen LogP contribution in [0.3, 0.4) is 0 Å². The number of anilines is 1. The summed E-state index contributed by atoms with van der Waals surface area (Å²) in [5.41, 5.74) is 1.91. The summed E-state index contributed by atoms with van der Waals surface area (Å²) >= 11 is 1.73.